The van der Waals surface area contributed by atoms with Crippen molar-refractivity contribution >= 4 is 34.4 Å². The highest BCUT2D eigenvalue weighted by Crippen LogP contribution is 2.55. The molecule has 5 nitrogen and oxygen atoms in total. The molecule has 2 heterocycles. The van der Waals surface area contributed by atoms with Gasteiger partial charge < -0.3 is 15.8 Å². The molecule has 1 fully saturated rings. The van der Waals surface area contributed by atoms with E-state index < -0.39 is 11.0 Å². The van der Waals surface area contributed by atoms with Crippen LogP contribution in [0.1, 0.15) is 45.6 Å². The van der Waals surface area contributed by atoms with Crippen LogP contribution in [0.2, 0.25) is 5.02 Å². The van der Waals surface area contributed by atoms with Crippen LogP contribution >= 0.6 is 23.4 Å². The average molecular weight is 502 g/mol. The number of amides is 1. The van der Waals surface area contributed by atoms with Gasteiger partial charge >= 0.3 is 0 Å². The zero-order valence-electron chi connectivity index (χ0n) is 19.5. The highest BCUT2D eigenvalue weighted by Gasteiger charge is 2.54. The Morgan fingerprint density at radius 1 is 1.24 bits per heavy atom. The lowest BCUT2D eigenvalue weighted by Gasteiger charge is -2.49. The van der Waals surface area contributed by atoms with Crippen molar-refractivity contribution in [2.24, 2.45) is 22.1 Å². The number of nitrogens with one attached hydrogen (secondary N) is 1. The number of rotatable bonds is 2. The van der Waals surface area contributed by atoms with Gasteiger partial charge in [0.05, 0.1) is 0 Å². The minimum absolute atomic E-state index is 0.00000273. The maximum Gasteiger partial charge on any atom is 0.225 e. The van der Waals surface area contributed by atoms with Crippen molar-refractivity contribution < 1.29 is 13.9 Å². The van der Waals surface area contributed by atoms with Crippen LogP contribution in [0, 0.1) is 17.2 Å². The van der Waals surface area contributed by atoms with Crippen LogP contribution in [-0.2, 0) is 10.3 Å². The molecular formula is C26H29ClFN3O2S. The third kappa shape index (κ3) is 4.17. The van der Waals surface area contributed by atoms with Gasteiger partial charge in [0.2, 0.25) is 5.91 Å². The van der Waals surface area contributed by atoms with Crippen LogP contribution in [0.5, 0.6) is 5.75 Å². The number of hydrogen-bond donors (Lipinski definition) is 2. The first-order valence-electron chi connectivity index (χ1n) is 11.6. The molecule has 1 aliphatic carbocycles. The van der Waals surface area contributed by atoms with E-state index in [1.807, 2.05) is 39.0 Å². The number of hydrogen-bond acceptors (Lipinski definition) is 5. The van der Waals surface area contributed by atoms with Crippen molar-refractivity contribution in [1.29, 1.82) is 0 Å². The fourth-order valence-corrected chi connectivity index (χ4v) is 6.58. The molecule has 2 aromatic carbocycles. The lowest BCUT2D eigenvalue weighted by Crippen LogP contribution is -2.55. The number of thioether (sulfide) groups is 1. The van der Waals surface area contributed by atoms with E-state index in [9.17, 15) is 9.18 Å². The molecule has 0 radical (unpaired) electrons. The van der Waals surface area contributed by atoms with E-state index in [4.69, 9.17) is 27.1 Å². The van der Waals surface area contributed by atoms with E-state index in [1.165, 1.54) is 12.1 Å². The number of aliphatic imine (C=N–C) groups is 1. The Hall–Kier alpha value is -2.25. The molecule has 1 spiro atoms. The number of benzene rings is 2. The summed E-state index contributed by atoms with van der Waals surface area (Å²) in [7, 11) is 0. The number of nitrogens with two attached hydrogens (primary N) is 1. The maximum absolute atomic E-state index is 14.1. The Labute approximate surface area is 208 Å². The SMILES string of the molecule is CC(C)(C)C(=O)N[C@H]1CC[C@@H]2Oc3ccc(-c4cc(F)cc(Cl)c4)cc3C3(CSC(N)=N3)[C@H]2C1. The number of nitrogens with zero attached hydrogens (tertiary/aromatic N) is 1. The molecule has 1 unspecified atom stereocenters. The molecule has 3 aliphatic rings. The molecule has 2 aliphatic heterocycles. The average Bonchev–Trinajstić information content (AvgIpc) is 3.15. The number of carbonyl (C=O) groups is 1. The molecular weight excluding hydrogens is 473 g/mol. The Morgan fingerprint density at radius 2 is 2.03 bits per heavy atom. The van der Waals surface area contributed by atoms with Crippen molar-refractivity contribution in [3.8, 4) is 16.9 Å². The molecule has 1 saturated carbocycles. The predicted molar refractivity (Wildman–Crippen MR) is 136 cm³/mol. The first kappa shape index (κ1) is 23.5. The molecule has 1 amide bonds. The summed E-state index contributed by atoms with van der Waals surface area (Å²) in [5, 5.41) is 4.16. The van der Waals surface area contributed by atoms with Gasteiger partial charge in [-0.05, 0) is 60.7 Å². The van der Waals surface area contributed by atoms with Crippen LogP contribution in [0.3, 0.4) is 0 Å². The molecule has 8 heteroatoms. The molecule has 0 saturated heterocycles. The molecule has 5 rings (SSSR count). The second-order valence-electron chi connectivity index (χ2n) is 10.5. The first-order valence-corrected chi connectivity index (χ1v) is 13.0. The van der Waals surface area contributed by atoms with Crippen LogP contribution in [0.25, 0.3) is 11.1 Å². The molecule has 0 aromatic heterocycles. The number of fused-ring (bicyclic) bond motifs is 4. The summed E-state index contributed by atoms with van der Waals surface area (Å²) >= 11 is 7.67. The van der Waals surface area contributed by atoms with Crippen molar-refractivity contribution in [2.45, 2.75) is 57.7 Å². The normalized spacial score (nSPS) is 28.0. The van der Waals surface area contributed by atoms with Gasteiger partial charge in [0.15, 0.2) is 5.17 Å². The zero-order chi connectivity index (χ0) is 24.3. The summed E-state index contributed by atoms with van der Waals surface area (Å²) in [6.07, 6.45) is 2.46. The topological polar surface area (TPSA) is 76.7 Å². The van der Waals surface area contributed by atoms with E-state index in [2.05, 4.69) is 5.32 Å². The Morgan fingerprint density at radius 3 is 2.71 bits per heavy atom. The van der Waals surface area contributed by atoms with Gasteiger partial charge in [0, 0.05) is 33.7 Å². The zero-order valence-corrected chi connectivity index (χ0v) is 21.1. The molecule has 180 valence electrons. The molecule has 2 aromatic rings. The number of amidine groups is 1. The van der Waals surface area contributed by atoms with Crippen LogP contribution in [0.4, 0.5) is 4.39 Å². The largest absolute Gasteiger partial charge is 0.490 e. The second kappa shape index (κ2) is 8.45. The van der Waals surface area contributed by atoms with Gasteiger partial charge in [-0.3, -0.25) is 4.79 Å². The smallest absolute Gasteiger partial charge is 0.225 e. The standard InChI is InChI=1S/C26H29ClFN3O2S/c1-25(2,3)23(32)30-18-5-7-22-20(12-18)26(13-34-24(29)31-26)19-10-14(4-6-21(19)33-22)15-8-16(27)11-17(28)9-15/h4,6,8-11,18,20,22H,5,7,12-13H2,1-3H3,(H2,29,31)(H,30,32)/t18-,20-,22-,26?/m0/s1. The molecule has 34 heavy (non-hydrogen) atoms. The summed E-state index contributed by atoms with van der Waals surface area (Å²) in [5.41, 5.74) is 7.73. The number of ether oxygens (including phenoxy) is 1. The summed E-state index contributed by atoms with van der Waals surface area (Å²) in [5.74, 6) is 1.25. The lowest BCUT2D eigenvalue weighted by molar-refractivity contribution is -0.130. The fraction of sp³-hybridized carbons (Fsp3) is 0.462. The third-order valence-electron chi connectivity index (χ3n) is 7.09. The van der Waals surface area contributed by atoms with E-state index in [0.29, 0.717) is 21.5 Å². The minimum Gasteiger partial charge on any atom is -0.490 e. The lowest BCUT2D eigenvalue weighted by atomic mass is 9.67. The summed E-state index contributed by atoms with van der Waals surface area (Å²) < 4.78 is 20.5. The highest BCUT2D eigenvalue weighted by molar-refractivity contribution is 8.14. The summed E-state index contributed by atoms with van der Waals surface area (Å²) in [4.78, 5) is 17.7. The van der Waals surface area contributed by atoms with E-state index in [1.54, 1.807) is 17.8 Å². The number of halogens is 2. The Kier molecular flexibility index (Phi) is 5.84. The van der Waals surface area contributed by atoms with Gasteiger partial charge in [-0.15, -0.1) is 0 Å². The van der Waals surface area contributed by atoms with Gasteiger partial charge in [-0.25, -0.2) is 9.38 Å². The van der Waals surface area contributed by atoms with Gasteiger partial charge in [-0.1, -0.05) is 50.2 Å². The Bertz CT molecular complexity index is 1160. The minimum atomic E-state index is -0.550. The first-order chi connectivity index (χ1) is 16.0. The van der Waals surface area contributed by atoms with Crippen LogP contribution in [-0.4, -0.2) is 29.0 Å². The monoisotopic (exact) mass is 501 g/mol. The summed E-state index contributed by atoms with van der Waals surface area (Å²) in [6.45, 7) is 5.77. The van der Waals surface area contributed by atoms with Crippen LogP contribution < -0.4 is 15.8 Å². The van der Waals surface area contributed by atoms with E-state index >= 15 is 0 Å². The predicted octanol–water partition coefficient (Wildman–Crippen LogP) is 5.49. The van der Waals surface area contributed by atoms with Crippen molar-refractivity contribution in [2.75, 3.05) is 5.75 Å². The fourth-order valence-electron chi connectivity index (χ4n) is 5.33. The van der Waals surface area contributed by atoms with Crippen LogP contribution in [0.15, 0.2) is 41.4 Å². The number of carbonyl (C=O) groups excluding carboxylic acids is 1. The molecule has 3 N–H and O–H groups in total. The van der Waals surface area contributed by atoms with Gasteiger partial charge in [0.1, 0.15) is 23.2 Å². The van der Waals surface area contributed by atoms with Gasteiger partial charge in [-0.2, -0.15) is 0 Å². The van der Waals surface area contributed by atoms with Crippen molar-refractivity contribution in [3.63, 3.8) is 0 Å². The summed E-state index contributed by atoms with van der Waals surface area (Å²) in [6, 6.07) is 10.5. The highest BCUT2D eigenvalue weighted by atomic mass is 35.5. The third-order valence-corrected chi connectivity index (χ3v) is 8.28. The second-order valence-corrected chi connectivity index (χ2v) is 12.0. The van der Waals surface area contributed by atoms with E-state index in [0.717, 1.165) is 36.1 Å². The molecule has 4 atom stereocenters. The maximum atomic E-state index is 14.1. The van der Waals surface area contributed by atoms with Crippen molar-refractivity contribution in [1.82, 2.24) is 5.32 Å². The van der Waals surface area contributed by atoms with Crippen molar-refractivity contribution in [3.05, 3.63) is 52.8 Å². The Balaban J connectivity index is 1.54. The van der Waals surface area contributed by atoms with Gasteiger partial charge in [0.25, 0.3) is 0 Å². The quantitative estimate of drug-likeness (QED) is 0.570. The molecule has 0 bridgehead atoms. The van der Waals surface area contributed by atoms with E-state index in [-0.39, 0.29) is 29.8 Å².